The highest BCUT2D eigenvalue weighted by atomic mass is 16.4. The van der Waals surface area contributed by atoms with Gasteiger partial charge in [-0.1, -0.05) is 40.0 Å². The van der Waals surface area contributed by atoms with E-state index in [1.54, 1.807) is 6.92 Å². The second kappa shape index (κ2) is 8.77. The van der Waals surface area contributed by atoms with Crippen LogP contribution in [0.3, 0.4) is 0 Å². The summed E-state index contributed by atoms with van der Waals surface area (Å²) in [7, 11) is 0. The number of rotatable bonds is 9. The van der Waals surface area contributed by atoms with Crippen LogP contribution in [0.1, 0.15) is 59.8 Å². The van der Waals surface area contributed by atoms with E-state index in [0.29, 0.717) is 6.54 Å². The van der Waals surface area contributed by atoms with Crippen LogP contribution in [0, 0.1) is 5.41 Å². The van der Waals surface area contributed by atoms with Crippen molar-refractivity contribution in [1.82, 2.24) is 10.6 Å². The molecular weight excluding hydrogens is 244 g/mol. The van der Waals surface area contributed by atoms with Gasteiger partial charge in [-0.15, -0.1) is 0 Å². The minimum Gasteiger partial charge on any atom is -0.481 e. The van der Waals surface area contributed by atoms with Crippen LogP contribution in [0.4, 0.5) is 4.79 Å². The first-order valence-electron chi connectivity index (χ1n) is 7.03. The Bertz CT molecular complexity index is 290. The summed E-state index contributed by atoms with van der Waals surface area (Å²) in [4.78, 5) is 22.1. The lowest BCUT2D eigenvalue weighted by molar-refractivity contribution is -0.137. The van der Waals surface area contributed by atoms with Crippen molar-refractivity contribution in [1.29, 1.82) is 0 Å². The molecule has 0 aromatic carbocycles. The number of carbonyl (C=O) groups excluding carboxylic acids is 1. The largest absolute Gasteiger partial charge is 0.481 e. The van der Waals surface area contributed by atoms with Gasteiger partial charge in [0, 0.05) is 12.6 Å². The van der Waals surface area contributed by atoms with E-state index in [2.05, 4.69) is 31.4 Å². The molecular formula is C14H28N2O3. The second-order valence-corrected chi connectivity index (χ2v) is 5.95. The minimum absolute atomic E-state index is 0.0622. The summed E-state index contributed by atoms with van der Waals surface area (Å²) in [5.74, 6) is -0.910. The van der Waals surface area contributed by atoms with Gasteiger partial charge in [0.25, 0.3) is 0 Å². The van der Waals surface area contributed by atoms with Crippen molar-refractivity contribution >= 4 is 12.0 Å². The van der Waals surface area contributed by atoms with Crippen molar-refractivity contribution in [2.75, 3.05) is 6.54 Å². The number of unbranched alkanes of at least 4 members (excludes halogenated alkanes) is 2. The molecule has 5 nitrogen and oxygen atoms in total. The number of carboxylic acids is 1. The summed E-state index contributed by atoms with van der Waals surface area (Å²) in [5.41, 5.74) is 0.0720. The van der Waals surface area contributed by atoms with Crippen LogP contribution in [0.15, 0.2) is 0 Å². The molecule has 5 heteroatoms. The number of aliphatic carboxylic acids is 1. The molecule has 0 radical (unpaired) electrons. The van der Waals surface area contributed by atoms with E-state index in [1.807, 2.05) is 0 Å². The molecule has 0 aliphatic rings. The van der Waals surface area contributed by atoms with E-state index >= 15 is 0 Å². The molecule has 0 bridgehead atoms. The zero-order chi connectivity index (χ0) is 14.9. The maximum Gasteiger partial charge on any atom is 0.315 e. The zero-order valence-electron chi connectivity index (χ0n) is 12.6. The van der Waals surface area contributed by atoms with E-state index < -0.39 is 5.97 Å². The molecule has 0 aliphatic carbocycles. The molecule has 1 atom stereocenters. The Balaban J connectivity index is 3.90. The highest BCUT2D eigenvalue weighted by molar-refractivity contribution is 5.75. The van der Waals surface area contributed by atoms with Gasteiger partial charge in [0.1, 0.15) is 0 Å². The van der Waals surface area contributed by atoms with Crippen molar-refractivity contribution in [3.63, 3.8) is 0 Å². The molecule has 0 fully saturated rings. The third-order valence-electron chi connectivity index (χ3n) is 3.04. The lowest BCUT2D eigenvalue weighted by Crippen LogP contribution is -2.44. The summed E-state index contributed by atoms with van der Waals surface area (Å²) >= 11 is 0. The lowest BCUT2D eigenvalue weighted by Gasteiger charge is -2.25. The predicted octanol–water partition coefficient (Wildman–Crippen LogP) is 2.76. The van der Waals surface area contributed by atoms with Crippen LogP contribution in [-0.4, -0.2) is 29.7 Å². The first-order valence-corrected chi connectivity index (χ1v) is 7.03. The highest BCUT2D eigenvalue weighted by Gasteiger charge is 2.19. The van der Waals surface area contributed by atoms with Crippen molar-refractivity contribution < 1.29 is 14.7 Å². The average molecular weight is 272 g/mol. The molecule has 0 saturated carbocycles. The van der Waals surface area contributed by atoms with Crippen LogP contribution >= 0.6 is 0 Å². The number of carbonyl (C=O) groups is 2. The molecule has 3 N–H and O–H groups in total. The van der Waals surface area contributed by atoms with Gasteiger partial charge in [-0.25, -0.2) is 4.79 Å². The average Bonchev–Trinajstić information content (AvgIpc) is 2.25. The fourth-order valence-corrected chi connectivity index (χ4v) is 1.85. The Kier molecular flexibility index (Phi) is 8.19. The predicted molar refractivity (Wildman–Crippen MR) is 76.2 cm³/mol. The number of hydrogen-bond donors (Lipinski definition) is 3. The van der Waals surface area contributed by atoms with E-state index in [4.69, 9.17) is 5.11 Å². The molecule has 112 valence electrons. The second-order valence-electron chi connectivity index (χ2n) is 5.95. The monoisotopic (exact) mass is 272 g/mol. The first kappa shape index (κ1) is 17.7. The summed E-state index contributed by atoms with van der Waals surface area (Å²) in [6, 6.07) is -0.655. The van der Waals surface area contributed by atoms with Crippen LogP contribution in [0.2, 0.25) is 0 Å². The fraction of sp³-hybridized carbons (Fsp3) is 0.857. The SMILES string of the molecule is CCCCCC(C)(C)CNC(=O)NC(C)CC(=O)O. The molecule has 0 rings (SSSR count). The first-order chi connectivity index (χ1) is 8.76. The van der Waals surface area contributed by atoms with Gasteiger partial charge < -0.3 is 15.7 Å². The van der Waals surface area contributed by atoms with Crippen molar-refractivity contribution in [2.45, 2.75) is 65.8 Å². The number of carboxylic acid groups (broad SMARTS) is 1. The van der Waals surface area contributed by atoms with Crippen LogP contribution in [0.25, 0.3) is 0 Å². The number of hydrogen-bond acceptors (Lipinski definition) is 2. The van der Waals surface area contributed by atoms with E-state index in [-0.39, 0.29) is 23.9 Å². The quantitative estimate of drug-likeness (QED) is 0.565. The van der Waals surface area contributed by atoms with Gasteiger partial charge in [-0.05, 0) is 18.8 Å². The molecule has 0 spiro atoms. The molecule has 0 saturated heterocycles. The van der Waals surface area contributed by atoms with Gasteiger partial charge in [-0.3, -0.25) is 4.79 Å². The van der Waals surface area contributed by atoms with Gasteiger partial charge in [0.05, 0.1) is 6.42 Å². The topological polar surface area (TPSA) is 78.4 Å². The highest BCUT2D eigenvalue weighted by Crippen LogP contribution is 2.22. The zero-order valence-corrected chi connectivity index (χ0v) is 12.6. The van der Waals surface area contributed by atoms with Gasteiger partial charge >= 0.3 is 12.0 Å². The Hall–Kier alpha value is -1.26. The third-order valence-corrected chi connectivity index (χ3v) is 3.04. The van der Waals surface area contributed by atoms with Crippen LogP contribution in [0.5, 0.6) is 0 Å². The Labute approximate surface area is 116 Å². The molecule has 1 unspecified atom stereocenters. The van der Waals surface area contributed by atoms with Crippen LogP contribution < -0.4 is 10.6 Å². The molecule has 0 aliphatic heterocycles. The lowest BCUT2D eigenvalue weighted by atomic mass is 9.87. The van der Waals surface area contributed by atoms with Gasteiger partial charge in [0.2, 0.25) is 0 Å². The molecule has 19 heavy (non-hydrogen) atoms. The summed E-state index contributed by atoms with van der Waals surface area (Å²) < 4.78 is 0. The van der Waals surface area contributed by atoms with Gasteiger partial charge in [0.15, 0.2) is 0 Å². The standard InChI is InChI=1S/C14H28N2O3/c1-5-6-7-8-14(3,4)10-15-13(19)16-11(2)9-12(17)18/h11H,5-10H2,1-4H3,(H,17,18)(H2,15,16,19). The van der Waals surface area contributed by atoms with Crippen LogP contribution in [-0.2, 0) is 4.79 Å². The smallest absolute Gasteiger partial charge is 0.315 e. The number of urea groups is 1. The summed E-state index contributed by atoms with van der Waals surface area (Å²) in [6.07, 6.45) is 4.59. The maximum atomic E-state index is 11.6. The molecule has 0 heterocycles. The number of nitrogens with one attached hydrogen (secondary N) is 2. The Morgan fingerprint density at radius 3 is 2.42 bits per heavy atom. The van der Waals surface area contributed by atoms with E-state index in [1.165, 1.54) is 19.3 Å². The summed E-state index contributed by atoms with van der Waals surface area (Å²) in [6.45, 7) is 8.71. The van der Waals surface area contributed by atoms with Crippen molar-refractivity contribution in [3.05, 3.63) is 0 Å². The van der Waals surface area contributed by atoms with Crippen molar-refractivity contribution in [3.8, 4) is 0 Å². The summed E-state index contributed by atoms with van der Waals surface area (Å²) in [5, 5.41) is 14.0. The third kappa shape index (κ3) is 10.4. The Morgan fingerprint density at radius 1 is 1.26 bits per heavy atom. The minimum atomic E-state index is -0.910. The molecule has 0 aromatic heterocycles. The maximum absolute atomic E-state index is 11.6. The fourth-order valence-electron chi connectivity index (χ4n) is 1.85. The molecule has 0 aromatic rings. The molecule has 2 amide bonds. The van der Waals surface area contributed by atoms with E-state index in [9.17, 15) is 9.59 Å². The van der Waals surface area contributed by atoms with Gasteiger partial charge in [-0.2, -0.15) is 0 Å². The Morgan fingerprint density at radius 2 is 1.89 bits per heavy atom. The number of amides is 2. The van der Waals surface area contributed by atoms with Crippen molar-refractivity contribution in [2.24, 2.45) is 5.41 Å². The normalized spacial score (nSPS) is 12.8. The van der Waals surface area contributed by atoms with E-state index in [0.717, 1.165) is 6.42 Å².